The number of benzene rings is 6. The van der Waals surface area contributed by atoms with Gasteiger partial charge < -0.3 is 0 Å². The molecule has 0 aliphatic rings. The van der Waals surface area contributed by atoms with Crippen molar-refractivity contribution in [1.29, 1.82) is 0 Å². The summed E-state index contributed by atoms with van der Waals surface area (Å²) in [4.78, 5) is 0. The summed E-state index contributed by atoms with van der Waals surface area (Å²) in [5, 5.41) is 2.54. The van der Waals surface area contributed by atoms with E-state index in [1.165, 1.54) is 88.7 Å². The van der Waals surface area contributed by atoms with Gasteiger partial charge >= 0.3 is 0 Å². The van der Waals surface area contributed by atoms with Crippen LogP contribution in [0.5, 0.6) is 0 Å². The fraction of sp³-hybridized carbons (Fsp3) is 0.150. The monoisotopic (exact) mass is 516 g/mol. The number of rotatable bonds is 4. The summed E-state index contributed by atoms with van der Waals surface area (Å²) in [5.41, 5.74) is 18.1. The molecule has 0 unspecified atom stereocenters. The highest BCUT2D eigenvalue weighted by molar-refractivity contribution is 6.07. The third kappa shape index (κ3) is 4.54. The van der Waals surface area contributed by atoms with Crippen LogP contribution in [0.4, 0.5) is 0 Å². The lowest BCUT2D eigenvalue weighted by atomic mass is 9.79. The molecular formula is C40H36. The van der Waals surface area contributed by atoms with Crippen LogP contribution in [0, 0.1) is 41.5 Å². The molecule has 6 rings (SSSR count). The van der Waals surface area contributed by atoms with Crippen molar-refractivity contribution < 1.29 is 0 Å². The van der Waals surface area contributed by atoms with Gasteiger partial charge in [-0.1, -0.05) is 126 Å². The van der Waals surface area contributed by atoms with E-state index < -0.39 is 0 Å². The van der Waals surface area contributed by atoms with Crippen LogP contribution >= 0.6 is 0 Å². The smallest absolute Gasteiger partial charge is 0.00177 e. The molecular weight excluding hydrogens is 480 g/mol. The summed E-state index contributed by atoms with van der Waals surface area (Å²) in [6.07, 6.45) is 0. The Labute approximate surface area is 239 Å². The van der Waals surface area contributed by atoms with E-state index in [2.05, 4.69) is 151 Å². The van der Waals surface area contributed by atoms with Gasteiger partial charge in [-0.05, 0) is 114 Å². The minimum atomic E-state index is 1.24. The first-order chi connectivity index (χ1) is 19.3. The van der Waals surface area contributed by atoms with Crippen LogP contribution in [0.2, 0.25) is 0 Å². The van der Waals surface area contributed by atoms with E-state index in [0.29, 0.717) is 0 Å². The summed E-state index contributed by atoms with van der Waals surface area (Å²) < 4.78 is 0. The molecule has 6 aromatic rings. The highest BCUT2D eigenvalue weighted by Gasteiger charge is 2.23. The first-order valence-electron chi connectivity index (χ1n) is 14.2. The molecule has 0 bridgehead atoms. The summed E-state index contributed by atoms with van der Waals surface area (Å²) in [7, 11) is 0. The molecule has 0 aliphatic heterocycles. The second kappa shape index (κ2) is 10.3. The molecule has 0 fully saturated rings. The van der Waals surface area contributed by atoms with Crippen molar-refractivity contribution in [2.45, 2.75) is 41.5 Å². The largest absolute Gasteiger partial charge is 0.0616 e. The SMILES string of the molecule is Cc1ccc(-c2c(-c3cccc4ccccc34)ccc(-c3c(C)cc(C)cc3C)c2-c2ccc(C)cc2C)cc1. The van der Waals surface area contributed by atoms with Crippen LogP contribution in [0.3, 0.4) is 0 Å². The maximum Gasteiger partial charge on any atom is -0.00177 e. The fourth-order valence-corrected chi connectivity index (χ4v) is 6.49. The molecule has 0 heterocycles. The van der Waals surface area contributed by atoms with E-state index >= 15 is 0 Å². The van der Waals surface area contributed by atoms with Gasteiger partial charge in [0.05, 0.1) is 0 Å². The van der Waals surface area contributed by atoms with Gasteiger partial charge in [0.25, 0.3) is 0 Å². The molecule has 0 heteroatoms. The van der Waals surface area contributed by atoms with Crippen molar-refractivity contribution in [2.75, 3.05) is 0 Å². The first-order valence-corrected chi connectivity index (χ1v) is 14.2. The highest BCUT2D eigenvalue weighted by atomic mass is 14.3. The Balaban J connectivity index is 1.82. The third-order valence-electron chi connectivity index (χ3n) is 8.22. The van der Waals surface area contributed by atoms with Crippen LogP contribution in [0.15, 0.2) is 109 Å². The third-order valence-corrected chi connectivity index (χ3v) is 8.22. The van der Waals surface area contributed by atoms with Crippen molar-refractivity contribution in [3.63, 3.8) is 0 Å². The van der Waals surface area contributed by atoms with E-state index in [1.54, 1.807) is 0 Å². The number of hydrogen-bond acceptors (Lipinski definition) is 0. The Kier molecular flexibility index (Phi) is 6.64. The maximum absolute atomic E-state index is 2.37. The predicted octanol–water partition coefficient (Wildman–Crippen LogP) is 11.4. The second-order valence-electron chi connectivity index (χ2n) is 11.4. The molecule has 0 aliphatic carbocycles. The zero-order valence-corrected chi connectivity index (χ0v) is 24.4. The molecule has 0 radical (unpaired) electrons. The number of hydrogen-bond donors (Lipinski definition) is 0. The van der Waals surface area contributed by atoms with Crippen LogP contribution < -0.4 is 0 Å². The van der Waals surface area contributed by atoms with Crippen LogP contribution in [-0.4, -0.2) is 0 Å². The second-order valence-corrected chi connectivity index (χ2v) is 11.4. The average Bonchev–Trinajstić information content (AvgIpc) is 2.93. The molecule has 196 valence electrons. The molecule has 40 heavy (non-hydrogen) atoms. The minimum Gasteiger partial charge on any atom is -0.0616 e. The minimum absolute atomic E-state index is 1.24. The van der Waals surface area contributed by atoms with Crippen molar-refractivity contribution >= 4 is 10.8 Å². The fourth-order valence-electron chi connectivity index (χ4n) is 6.49. The quantitative estimate of drug-likeness (QED) is 0.218. The molecule has 0 saturated carbocycles. The highest BCUT2D eigenvalue weighted by Crippen LogP contribution is 2.48. The lowest BCUT2D eigenvalue weighted by Gasteiger charge is -2.24. The lowest BCUT2D eigenvalue weighted by Crippen LogP contribution is -1.99. The van der Waals surface area contributed by atoms with Crippen molar-refractivity contribution in [3.8, 4) is 44.5 Å². The van der Waals surface area contributed by atoms with Gasteiger partial charge in [-0.25, -0.2) is 0 Å². The lowest BCUT2D eigenvalue weighted by molar-refractivity contribution is 1.32. The molecule has 0 aromatic heterocycles. The van der Waals surface area contributed by atoms with E-state index in [1.807, 2.05) is 0 Å². The Morgan fingerprint density at radius 3 is 1.68 bits per heavy atom. The molecule has 0 spiro atoms. The average molecular weight is 517 g/mol. The molecule has 6 aromatic carbocycles. The van der Waals surface area contributed by atoms with Gasteiger partial charge in [0.1, 0.15) is 0 Å². The van der Waals surface area contributed by atoms with Crippen LogP contribution in [0.25, 0.3) is 55.3 Å². The summed E-state index contributed by atoms with van der Waals surface area (Å²) in [5.74, 6) is 0. The number of fused-ring (bicyclic) bond motifs is 1. The predicted molar refractivity (Wildman–Crippen MR) is 174 cm³/mol. The van der Waals surface area contributed by atoms with Gasteiger partial charge in [0.15, 0.2) is 0 Å². The van der Waals surface area contributed by atoms with E-state index in [9.17, 15) is 0 Å². The summed E-state index contributed by atoms with van der Waals surface area (Å²) in [6.45, 7) is 13.3. The van der Waals surface area contributed by atoms with Gasteiger partial charge in [-0.15, -0.1) is 0 Å². The van der Waals surface area contributed by atoms with Crippen molar-refractivity contribution in [1.82, 2.24) is 0 Å². The Morgan fingerprint density at radius 1 is 0.350 bits per heavy atom. The normalized spacial score (nSPS) is 11.2. The summed E-state index contributed by atoms with van der Waals surface area (Å²) >= 11 is 0. The summed E-state index contributed by atoms with van der Waals surface area (Å²) in [6, 6.07) is 40.8. The standard InChI is InChI=1S/C40H36/c1-25-14-17-32(18-15-25)39-36(35-13-9-11-31-10-7-8-12-34(31)35)20-21-37(38-29(5)23-27(3)24-30(38)6)40(39)33-19-16-26(2)22-28(33)4/h7-24H,1-6H3. The van der Waals surface area contributed by atoms with Crippen LogP contribution in [-0.2, 0) is 0 Å². The molecule has 0 nitrogen and oxygen atoms in total. The molecule has 0 saturated heterocycles. The van der Waals surface area contributed by atoms with E-state index in [0.717, 1.165) is 0 Å². The maximum atomic E-state index is 2.37. The van der Waals surface area contributed by atoms with E-state index in [4.69, 9.17) is 0 Å². The molecule has 0 amide bonds. The van der Waals surface area contributed by atoms with Crippen molar-refractivity contribution in [2.24, 2.45) is 0 Å². The topological polar surface area (TPSA) is 0 Å². The Bertz CT molecular complexity index is 1860. The molecule has 0 atom stereocenters. The Morgan fingerprint density at radius 2 is 0.950 bits per heavy atom. The first kappa shape index (κ1) is 25.8. The van der Waals surface area contributed by atoms with Gasteiger partial charge in [0, 0.05) is 0 Å². The number of aryl methyl sites for hydroxylation is 6. The van der Waals surface area contributed by atoms with E-state index in [-0.39, 0.29) is 0 Å². The van der Waals surface area contributed by atoms with Gasteiger partial charge in [-0.2, -0.15) is 0 Å². The van der Waals surface area contributed by atoms with Gasteiger partial charge in [-0.3, -0.25) is 0 Å². The zero-order chi connectivity index (χ0) is 28.0. The van der Waals surface area contributed by atoms with Crippen molar-refractivity contribution in [3.05, 3.63) is 143 Å². The Hall–Kier alpha value is -4.42. The van der Waals surface area contributed by atoms with Gasteiger partial charge in [0.2, 0.25) is 0 Å². The van der Waals surface area contributed by atoms with Crippen LogP contribution in [0.1, 0.15) is 33.4 Å². The molecule has 0 N–H and O–H groups in total. The zero-order valence-electron chi connectivity index (χ0n) is 24.4.